The van der Waals surface area contributed by atoms with E-state index >= 15 is 0 Å². The SMILES string of the molecule is C=CC(=O)OCCOc1ccc(-c2nc3ccc(C4(c5ccccc5)c5ccccc5-c5cc(OCCOC(=O)C=C)ccc54)cc3s2)cc1. The molecule has 0 fully saturated rings. The molecule has 0 bridgehead atoms. The summed E-state index contributed by atoms with van der Waals surface area (Å²) in [5.74, 6) is 0.436. The summed E-state index contributed by atoms with van der Waals surface area (Å²) in [5, 5.41) is 0.908. The first-order valence-electron chi connectivity index (χ1n) is 16.2. The van der Waals surface area contributed by atoms with Crippen molar-refractivity contribution < 1.29 is 28.5 Å². The van der Waals surface area contributed by atoms with Gasteiger partial charge in [0.25, 0.3) is 0 Å². The first kappa shape index (κ1) is 32.6. The van der Waals surface area contributed by atoms with Gasteiger partial charge in [0.05, 0.1) is 15.6 Å². The van der Waals surface area contributed by atoms with E-state index in [2.05, 4.69) is 92.0 Å². The Labute approximate surface area is 294 Å². The van der Waals surface area contributed by atoms with Gasteiger partial charge >= 0.3 is 11.9 Å². The van der Waals surface area contributed by atoms with Gasteiger partial charge in [-0.2, -0.15) is 0 Å². The topological polar surface area (TPSA) is 84.0 Å². The molecule has 0 N–H and O–H groups in total. The maximum atomic E-state index is 11.5. The number of fused-ring (bicyclic) bond motifs is 4. The summed E-state index contributed by atoms with van der Waals surface area (Å²) >= 11 is 1.65. The normalized spacial score (nSPS) is 14.3. The molecule has 0 amide bonds. The Kier molecular flexibility index (Phi) is 9.27. The molecular formula is C42H33NO6S. The molecule has 1 heterocycles. The lowest BCUT2D eigenvalue weighted by Gasteiger charge is -2.33. The van der Waals surface area contributed by atoms with Crippen LogP contribution in [0, 0.1) is 0 Å². The Morgan fingerprint density at radius 2 is 1.28 bits per heavy atom. The molecule has 0 saturated carbocycles. The van der Waals surface area contributed by atoms with Crippen LogP contribution >= 0.6 is 11.3 Å². The van der Waals surface area contributed by atoms with Crippen LogP contribution in [0.25, 0.3) is 31.9 Å². The fraction of sp³-hybridized carbons (Fsp3) is 0.119. The highest BCUT2D eigenvalue weighted by Crippen LogP contribution is 2.57. The minimum Gasteiger partial charge on any atom is -0.490 e. The van der Waals surface area contributed by atoms with Crippen LogP contribution in [0.15, 0.2) is 141 Å². The number of hydrogen-bond donors (Lipinski definition) is 0. The first-order chi connectivity index (χ1) is 24.5. The predicted molar refractivity (Wildman–Crippen MR) is 196 cm³/mol. The zero-order valence-electron chi connectivity index (χ0n) is 27.2. The second-order valence-corrected chi connectivity index (χ2v) is 12.6. The van der Waals surface area contributed by atoms with Crippen LogP contribution in [0.5, 0.6) is 11.5 Å². The number of nitrogens with zero attached hydrogens (tertiary/aromatic N) is 1. The molecule has 6 aromatic rings. The van der Waals surface area contributed by atoms with Gasteiger partial charge in [-0.3, -0.25) is 0 Å². The molecule has 248 valence electrons. The van der Waals surface area contributed by atoms with Crippen molar-refractivity contribution in [2.24, 2.45) is 0 Å². The van der Waals surface area contributed by atoms with Crippen LogP contribution in [0.1, 0.15) is 22.3 Å². The van der Waals surface area contributed by atoms with Crippen molar-refractivity contribution in [1.29, 1.82) is 0 Å². The summed E-state index contributed by atoms with van der Waals surface area (Å²) in [6.07, 6.45) is 2.27. The van der Waals surface area contributed by atoms with E-state index in [0.717, 1.165) is 60.8 Å². The average Bonchev–Trinajstić information content (AvgIpc) is 3.72. The zero-order chi connectivity index (χ0) is 34.5. The molecule has 1 atom stereocenters. The smallest absolute Gasteiger partial charge is 0.330 e. The molecule has 0 radical (unpaired) electrons. The molecule has 0 saturated heterocycles. The minimum atomic E-state index is -0.581. The van der Waals surface area contributed by atoms with Gasteiger partial charge in [0.2, 0.25) is 0 Å². The van der Waals surface area contributed by atoms with Gasteiger partial charge in [-0.25, -0.2) is 14.6 Å². The van der Waals surface area contributed by atoms with Crippen LogP contribution in [-0.2, 0) is 24.5 Å². The highest BCUT2D eigenvalue weighted by molar-refractivity contribution is 7.21. The Morgan fingerprint density at radius 1 is 0.640 bits per heavy atom. The van der Waals surface area contributed by atoms with E-state index < -0.39 is 17.4 Å². The standard InChI is InChI=1S/C42H33NO6S/c1-3-39(44)48-24-22-46-31-17-14-28(15-18-31)41-43-37-21-16-30(26-38(37)50-41)42(29-10-6-5-7-11-29)35-13-9-8-12-33(35)34-27-32(19-20-36(34)42)47-23-25-49-40(45)4-2/h3-21,26-27H,1-2,22-25H2. The van der Waals surface area contributed by atoms with Gasteiger partial charge in [-0.05, 0) is 81.9 Å². The zero-order valence-corrected chi connectivity index (χ0v) is 28.0. The maximum Gasteiger partial charge on any atom is 0.330 e. The number of carbonyl (C=O) groups is 2. The average molecular weight is 680 g/mol. The van der Waals surface area contributed by atoms with Gasteiger partial charge in [0, 0.05) is 17.7 Å². The van der Waals surface area contributed by atoms with Crippen molar-refractivity contribution in [1.82, 2.24) is 4.98 Å². The number of thiazole rings is 1. The molecule has 7 rings (SSSR count). The van der Waals surface area contributed by atoms with Crippen LogP contribution in [0.4, 0.5) is 0 Å². The summed E-state index contributed by atoms with van der Waals surface area (Å²) in [6, 6.07) is 39.7. The lowest BCUT2D eigenvalue weighted by atomic mass is 9.68. The van der Waals surface area contributed by atoms with Crippen LogP contribution in [0.2, 0.25) is 0 Å². The number of aromatic nitrogens is 1. The van der Waals surface area contributed by atoms with Gasteiger partial charge in [0.1, 0.15) is 42.9 Å². The third kappa shape index (κ3) is 6.17. The van der Waals surface area contributed by atoms with Crippen molar-refractivity contribution in [3.05, 3.63) is 163 Å². The van der Waals surface area contributed by atoms with E-state index in [1.165, 1.54) is 5.56 Å². The molecule has 0 spiro atoms. The van der Waals surface area contributed by atoms with Gasteiger partial charge in [-0.1, -0.05) is 79.9 Å². The van der Waals surface area contributed by atoms with Crippen LogP contribution in [-0.4, -0.2) is 43.4 Å². The molecule has 5 aromatic carbocycles. The largest absolute Gasteiger partial charge is 0.490 e. The molecule has 7 nitrogen and oxygen atoms in total. The molecule has 1 aliphatic carbocycles. The summed E-state index contributed by atoms with van der Waals surface area (Å²) in [6.45, 7) is 7.60. The Bertz CT molecular complexity index is 2210. The van der Waals surface area contributed by atoms with E-state index in [1.54, 1.807) is 11.3 Å². The number of esters is 2. The fourth-order valence-electron chi connectivity index (χ4n) is 6.53. The number of benzene rings is 5. The highest BCUT2D eigenvalue weighted by atomic mass is 32.1. The number of carbonyl (C=O) groups excluding carboxylic acids is 2. The van der Waals surface area contributed by atoms with Gasteiger partial charge < -0.3 is 18.9 Å². The Balaban J connectivity index is 1.24. The number of ether oxygens (including phenoxy) is 4. The van der Waals surface area contributed by atoms with Crippen molar-refractivity contribution in [3.63, 3.8) is 0 Å². The summed E-state index contributed by atoms with van der Waals surface area (Å²) in [7, 11) is 0. The molecule has 1 aromatic heterocycles. The van der Waals surface area contributed by atoms with Crippen LogP contribution < -0.4 is 9.47 Å². The summed E-state index contributed by atoms with van der Waals surface area (Å²) in [4.78, 5) is 27.7. The van der Waals surface area contributed by atoms with Crippen molar-refractivity contribution in [3.8, 4) is 33.2 Å². The molecule has 1 aliphatic rings. The number of rotatable bonds is 13. The molecule has 1 unspecified atom stereocenters. The Morgan fingerprint density at radius 3 is 2.00 bits per heavy atom. The molecular weight excluding hydrogens is 647 g/mol. The number of hydrogen-bond acceptors (Lipinski definition) is 8. The highest BCUT2D eigenvalue weighted by Gasteiger charge is 2.46. The van der Waals surface area contributed by atoms with E-state index in [9.17, 15) is 9.59 Å². The fourth-order valence-corrected chi connectivity index (χ4v) is 7.54. The monoisotopic (exact) mass is 679 g/mol. The predicted octanol–water partition coefficient (Wildman–Crippen LogP) is 8.54. The third-order valence-electron chi connectivity index (χ3n) is 8.67. The molecule has 50 heavy (non-hydrogen) atoms. The third-order valence-corrected chi connectivity index (χ3v) is 9.74. The van der Waals surface area contributed by atoms with Gasteiger partial charge in [-0.15, -0.1) is 11.3 Å². The molecule has 0 aliphatic heterocycles. The van der Waals surface area contributed by atoms with Crippen molar-refractivity contribution in [2.45, 2.75) is 5.41 Å². The quantitative estimate of drug-likeness (QED) is 0.0686. The van der Waals surface area contributed by atoms with Crippen molar-refractivity contribution >= 4 is 33.5 Å². The van der Waals surface area contributed by atoms with Crippen molar-refractivity contribution in [2.75, 3.05) is 26.4 Å². The lowest BCUT2D eigenvalue weighted by Crippen LogP contribution is -2.28. The maximum absolute atomic E-state index is 11.5. The molecule has 8 heteroatoms. The second-order valence-electron chi connectivity index (χ2n) is 11.5. The van der Waals surface area contributed by atoms with E-state index in [0.29, 0.717) is 11.5 Å². The van der Waals surface area contributed by atoms with Gasteiger partial charge in [0.15, 0.2) is 0 Å². The Hall–Kier alpha value is -5.99. The van der Waals surface area contributed by atoms with E-state index in [1.807, 2.05) is 36.4 Å². The van der Waals surface area contributed by atoms with E-state index in [4.69, 9.17) is 23.9 Å². The summed E-state index contributed by atoms with van der Waals surface area (Å²) in [5.41, 5.74) is 8.22. The lowest BCUT2D eigenvalue weighted by molar-refractivity contribution is -0.139. The second kappa shape index (κ2) is 14.2. The summed E-state index contributed by atoms with van der Waals surface area (Å²) < 4.78 is 22.9. The van der Waals surface area contributed by atoms with E-state index in [-0.39, 0.29) is 26.4 Å². The first-order valence-corrected chi connectivity index (χ1v) is 17.0. The van der Waals surface area contributed by atoms with Crippen LogP contribution in [0.3, 0.4) is 0 Å². The minimum absolute atomic E-state index is 0.135.